The molecule has 0 radical (unpaired) electrons. The van der Waals surface area contributed by atoms with Crippen molar-refractivity contribution < 1.29 is 31.4 Å². The molecule has 0 amide bonds. The molecule has 8 heteroatoms. The van der Waals surface area contributed by atoms with Gasteiger partial charge in [-0.3, -0.25) is 0 Å². The highest BCUT2D eigenvalue weighted by molar-refractivity contribution is 5.35. The molecule has 0 aliphatic carbocycles. The minimum Gasteiger partial charge on any atom is -0.369 e. The molecule has 1 heterocycles. The molecule has 3 rings (SSSR count). The van der Waals surface area contributed by atoms with E-state index in [1.165, 1.54) is 12.1 Å². The summed E-state index contributed by atoms with van der Waals surface area (Å²) in [6, 6.07) is 13.4. The number of aliphatic hydroxyl groups is 1. The molecular formula is C19H17F6NO. The summed E-state index contributed by atoms with van der Waals surface area (Å²) in [5, 5.41) is 12.7. The Bertz CT molecular complexity index is 756. The molecular weight excluding hydrogens is 372 g/mol. The van der Waals surface area contributed by atoms with Crippen LogP contribution in [0, 0.1) is 0 Å². The minimum atomic E-state index is -5.88. The Morgan fingerprint density at radius 1 is 0.704 bits per heavy atom. The fraction of sp³-hybridized carbons (Fsp3) is 0.368. The van der Waals surface area contributed by atoms with Crippen LogP contribution < -0.4 is 5.32 Å². The predicted octanol–water partition coefficient (Wildman–Crippen LogP) is 4.47. The topological polar surface area (TPSA) is 32.3 Å². The van der Waals surface area contributed by atoms with E-state index in [0.717, 1.165) is 5.56 Å². The Hall–Kier alpha value is -2.06. The number of alkyl halides is 6. The van der Waals surface area contributed by atoms with Gasteiger partial charge in [0.25, 0.3) is 5.60 Å². The maximum Gasteiger partial charge on any atom is 0.430 e. The van der Waals surface area contributed by atoms with Crippen molar-refractivity contribution in [1.29, 1.82) is 0 Å². The van der Waals surface area contributed by atoms with E-state index in [1.54, 1.807) is 0 Å². The molecule has 0 bridgehead atoms. The van der Waals surface area contributed by atoms with Gasteiger partial charge in [0.1, 0.15) is 0 Å². The van der Waals surface area contributed by atoms with E-state index in [1.807, 2.05) is 30.3 Å². The lowest BCUT2D eigenvalue weighted by Gasteiger charge is -2.33. The van der Waals surface area contributed by atoms with Gasteiger partial charge in [0.15, 0.2) is 0 Å². The highest BCUT2D eigenvalue weighted by atomic mass is 19.4. The van der Waals surface area contributed by atoms with Crippen LogP contribution in [0.15, 0.2) is 54.6 Å². The van der Waals surface area contributed by atoms with E-state index in [0.29, 0.717) is 30.8 Å². The van der Waals surface area contributed by atoms with Crippen LogP contribution in [0.2, 0.25) is 0 Å². The van der Waals surface area contributed by atoms with E-state index >= 15 is 0 Å². The zero-order valence-corrected chi connectivity index (χ0v) is 14.0. The number of nitrogens with one attached hydrogen (secondary N) is 1. The maximum atomic E-state index is 13.0. The van der Waals surface area contributed by atoms with E-state index < -0.39 is 23.5 Å². The first kappa shape index (κ1) is 19.7. The molecule has 0 saturated carbocycles. The van der Waals surface area contributed by atoms with Crippen LogP contribution in [-0.4, -0.2) is 30.5 Å². The largest absolute Gasteiger partial charge is 0.430 e. The average Bonchev–Trinajstić information content (AvgIpc) is 3.10. The summed E-state index contributed by atoms with van der Waals surface area (Å²) in [7, 11) is 0. The number of hydrogen-bond acceptors (Lipinski definition) is 2. The maximum absolute atomic E-state index is 13.0. The van der Waals surface area contributed by atoms with Crippen LogP contribution in [0.4, 0.5) is 26.3 Å². The lowest BCUT2D eigenvalue weighted by atomic mass is 9.83. The molecule has 2 atom stereocenters. The van der Waals surface area contributed by atoms with Crippen LogP contribution in [0.25, 0.3) is 0 Å². The van der Waals surface area contributed by atoms with Gasteiger partial charge in [0, 0.05) is 30.5 Å². The van der Waals surface area contributed by atoms with Crippen molar-refractivity contribution in [3.8, 4) is 0 Å². The Morgan fingerprint density at radius 2 is 1.15 bits per heavy atom. The molecule has 0 spiro atoms. The third-order valence-electron chi connectivity index (χ3n) is 5.02. The predicted molar refractivity (Wildman–Crippen MR) is 87.2 cm³/mol. The van der Waals surface area contributed by atoms with Gasteiger partial charge in [0.05, 0.1) is 0 Å². The monoisotopic (exact) mass is 389 g/mol. The molecule has 2 nitrogen and oxygen atoms in total. The molecule has 1 fully saturated rings. The summed E-state index contributed by atoms with van der Waals surface area (Å²) in [5.74, 6) is -0.0347. The number of halogens is 6. The van der Waals surface area contributed by atoms with Crippen molar-refractivity contribution in [3.63, 3.8) is 0 Å². The van der Waals surface area contributed by atoms with Crippen molar-refractivity contribution in [2.75, 3.05) is 13.1 Å². The van der Waals surface area contributed by atoms with Gasteiger partial charge in [-0.25, -0.2) is 0 Å². The third-order valence-corrected chi connectivity index (χ3v) is 5.02. The van der Waals surface area contributed by atoms with E-state index in [2.05, 4.69) is 5.32 Å². The fourth-order valence-corrected chi connectivity index (χ4v) is 3.54. The summed E-state index contributed by atoms with van der Waals surface area (Å²) >= 11 is 0. The van der Waals surface area contributed by atoms with Gasteiger partial charge in [-0.05, 0) is 11.1 Å². The van der Waals surface area contributed by atoms with Crippen LogP contribution >= 0.6 is 0 Å². The van der Waals surface area contributed by atoms with Crippen LogP contribution in [0.3, 0.4) is 0 Å². The van der Waals surface area contributed by atoms with Gasteiger partial charge in [0.2, 0.25) is 0 Å². The van der Waals surface area contributed by atoms with E-state index in [-0.39, 0.29) is 11.8 Å². The zero-order valence-electron chi connectivity index (χ0n) is 14.0. The van der Waals surface area contributed by atoms with E-state index in [9.17, 15) is 31.4 Å². The summed E-state index contributed by atoms with van der Waals surface area (Å²) in [4.78, 5) is 0. The summed E-state index contributed by atoms with van der Waals surface area (Å²) < 4.78 is 77.9. The second kappa shape index (κ2) is 6.83. The minimum absolute atomic E-state index is 0.0566. The molecule has 2 aromatic carbocycles. The molecule has 146 valence electrons. The number of benzene rings is 2. The number of rotatable bonds is 3. The molecule has 0 unspecified atom stereocenters. The molecule has 1 aliphatic rings. The smallest absolute Gasteiger partial charge is 0.369 e. The average molecular weight is 389 g/mol. The van der Waals surface area contributed by atoms with Crippen LogP contribution in [0.5, 0.6) is 0 Å². The molecule has 27 heavy (non-hydrogen) atoms. The first-order valence-corrected chi connectivity index (χ1v) is 8.27. The van der Waals surface area contributed by atoms with Gasteiger partial charge in [-0.2, -0.15) is 26.3 Å². The molecule has 0 aromatic heterocycles. The SMILES string of the molecule is OC(c1ccc([C@@H]2CNC[C@H]2c2ccccc2)cc1)(C(F)(F)F)C(F)(F)F. The Morgan fingerprint density at radius 3 is 1.59 bits per heavy atom. The molecule has 2 aromatic rings. The van der Waals surface area contributed by atoms with Gasteiger partial charge < -0.3 is 10.4 Å². The Labute approximate surface area is 151 Å². The van der Waals surface area contributed by atoms with Crippen molar-refractivity contribution >= 4 is 0 Å². The quantitative estimate of drug-likeness (QED) is 0.760. The van der Waals surface area contributed by atoms with Gasteiger partial charge in [-0.1, -0.05) is 54.6 Å². The van der Waals surface area contributed by atoms with Crippen LogP contribution in [-0.2, 0) is 5.60 Å². The summed E-state index contributed by atoms with van der Waals surface area (Å²) in [6.45, 7) is 1.22. The second-order valence-electron chi connectivity index (χ2n) is 6.61. The van der Waals surface area contributed by atoms with Crippen molar-refractivity contribution in [2.45, 2.75) is 29.8 Å². The molecule has 2 N–H and O–H groups in total. The van der Waals surface area contributed by atoms with Crippen molar-refractivity contribution in [1.82, 2.24) is 5.32 Å². The van der Waals surface area contributed by atoms with Crippen molar-refractivity contribution in [2.24, 2.45) is 0 Å². The lowest BCUT2D eigenvalue weighted by Crippen LogP contribution is -2.53. The lowest BCUT2D eigenvalue weighted by molar-refractivity contribution is -0.376. The molecule has 1 saturated heterocycles. The Balaban J connectivity index is 1.93. The zero-order chi connectivity index (χ0) is 19.9. The highest BCUT2D eigenvalue weighted by Crippen LogP contribution is 2.50. The second-order valence-corrected chi connectivity index (χ2v) is 6.61. The summed E-state index contributed by atoms with van der Waals surface area (Å²) in [5.41, 5.74) is -4.48. The normalized spacial score (nSPS) is 21.4. The summed E-state index contributed by atoms with van der Waals surface area (Å²) in [6.07, 6.45) is -11.8. The van der Waals surface area contributed by atoms with E-state index in [4.69, 9.17) is 0 Å². The first-order valence-electron chi connectivity index (χ1n) is 8.27. The number of hydrogen-bond donors (Lipinski definition) is 2. The molecule has 1 aliphatic heterocycles. The Kier molecular flexibility index (Phi) is 4.98. The van der Waals surface area contributed by atoms with Crippen LogP contribution in [0.1, 0.15) is 28.5 Å². The van der Waals surface area contributed by atoms with Gasteiger partial charge in [-0.15, -0.1) is 0 Å². The standard InChI is InChI=1S/C19H17F6NO/c20-18(21,22)17(27,19(23,24)25)14-8-6-13(7-9-14)16-11-26-10-15(16)12-4-2-1-3-5-12/h1-9,15-16,26-27H,10-11H2/t15-,16-/m0/s1. The third kappa shape index (κ3) is 3.43. The first-order chi connectivity index (χ1) is 12.6. The van der Waals surface area contributed by atoms with Crippen molar-refractivity contribution in [3.05, 3.63) is 71.3 Å². The van der Waals surface area contributed by atoms with Gasteiger partial charge >= 0.3 is 12.4 Å². The fourth-order valence-electron chi connectivity index (χ4n) is 3.54. The highest BCUT2D eigenvalue weighted by Gasteiger charge is 2.71.